The Morgan fingerprint density at radius 2 is 1.49 bits per heavy atom. The Morgan fingerprint density at radius 1 is 0.854 bits per heavy atom. The van der Waals surface area contributed by atoms with Crippen LogP contribution in [0.4, 0.5) is 4.79 Å². The highest BCUT2D eigenvalue weighted by Gasteiger charge is 2.53. The summed E-state index contributed by atoms with van der Waals surface area (Å²) in [7, 11) is 0. The Bertz CT molecular complexity index is 1430. The molecule has 3 aromatic rings. The van der Waals surface area contributed by atoms with E-state index in [1.807, 2.05) is 66.7 Å². The molecule has 2 amide bonds. The second kappa shape index (κ2) is 10.6. The van der Waals surface area contributed by atoms with Crippen molar-refractivity contribution in [2.45, 2.75) is 36.4 Å². The summed E-state index contributed by atoms with van der Waals surface area (Å²) in [5.41, 5.74) is 2.20. The largest absolute Gasteiger partial charge is 0.479 e. The third-order valence-corrected chi connectivity index (χ3v) is 8.62. The summed E-state index contributed by atoms with van der Waals surface area (Å²) in [5, 5.41) is 22.9. The van der Waals surface area contributed by atoms with Crippen LogP contribution in [0.25, 0.3) is 11.1 Å². The number of ether oxygens (including phenoxy) is 1. The first-order chi connectivity index (χ1) is 19.8. The van der Waals surface area contributed by atoms with E-state index in [-0.39, 0.29) is 38.6 Å². The Kier molecular flexibility index (Phi) is 7.01. The van der Waals surface area contributed by atoms with Gasteiger partial charge in [0.2, 0.25) is 5.91 Å². The average Bonchev–Trinajstić information content (AvgIpc) is 3.67. The fourth-order valence-corrected chi connectivity index (χ4v) is 6.47. The lowest BCUT2D eigenvalue weighted by molar-refractivity contribution is -0.157. The van der Waals surface area contributed by atoms with Crippen LogP contribution in [0.1, 0.15) is 35.4 Å². The third kappa shape index (κ3) is 5.07. The van der Waals surface area contributed by atoms with Crippen molar-refractivity contribution in [3.8, 4) is 11.1 Å². The minimum Gasteiger partial charge on any atom is -0.479 e. The van der Waals surface area contributed by atoms with E-state index in [9.17, 15) is 24.6 Å². The van der Waals surface area contributed by atoms with Crippen LogP contribution in [0, 0.1) is 0 Å². The molecular formula is C32H33N3O6. The van der Waals surface area contributed by atoms with Crippen molar-refractivity contribution in [2.24, 2.45) is 0 Å². The van der Waals surface area contributed by atoms with Crippen molar-refractivity contribution < 1.29 is 29.3 Å². The standard InChI is InChI=1S/C32H33N3O6/c36-28(35-17-15-32(40,21-35)29(37)38)31(14-16-34(20-31)18-22-8-2-1-3-9-22)33-30(39)41-19-27-25-12-6-4-10-23(25)24-11-5-7-13-26(24)27/h1-13,27,40H,14-21H2,(H,33,39)(H,37,38). The number of nitrogens with zero attached hydrogens (tertiary/aromatic N) is 2. The predicted molar refractivity (Wildman–Crippen MR) is 151 cm³/mol. The first-order valence-electron chi connectivity index (χ1n) is 13.9. The highest BCUT2D eigenvalue weighted by atomic mass is 16.5. The predicted octanol–water partition coefficient (Wildman–Crippen LogP) is 3.22. The summed E-state index contributed by atoms with van der Waals surface area (Å²) in [5.74, 6) is -1.88. The molecule has 2 unspecified atom stereocenters. The average molecular weight is 556 g/mol. The fourth-order valence-electron chi connectivity index (χ4n) is 6.47. The van der Waals surface area contributed by atoms with Gasteiger partial charge >= 0.3 is 12.1 Å². The van der Waals surface area contributed by atoms with E-state index in [0.717, 1.165) is 27.8 Å². The molecule has 2 aliphatic heterocycles. The topological polar surface area (TPSA) is 119 Å². The van der Waals surface area contributed by atoms with Crippen LogP contribution in [-0.2, 0) is 20.9 Å². The molecule has 0 spiro atoms. The molecule has 0 saturated carbocycles. The van der Waals surface area contributed by atoms with Gasteiger partial charge in [-0.3, -0.25) is 9.69 Å². The fraction of sp³-hybridized carbons (Fsp3) is 0.344. The molecule has 212 valence electrons. The number of rotatable bonds is 7. The molecule has 3 N–H and O–H groups in total. The molecule has 0 aromatic heterocycles. The van der Waals surface area contributed by atoms with E-state index in [1.54, 1.807) is 0 Å². The number of carboxylic acids is 1. The van der Waals surface area contributed by atoms with Crippen LogP contribution >= 0.6 is 0 Å². The Labute approximate surface area is 238 Å². The zero-order chi connectivity index (χ0) is 28.6. The lowest BCUT2D eigenvalue weighted by Gasteiger charge is -2.33. The Hall–Kier alpha value is -4.21. The molecular weight excluding hydrogens is 522 g/mol. The molecule has 2 saturated heterocycles. The van der Waals surface area contributed by atoms with Crippen molar-refractivity contribution in [1.82, 2.24) is 15.1 Å². The smallest absolute Gasteiger partial charge is 0.408 e. The molecule has 2 atom stereocenters. The van der Waals surface area contributed by atoms with E-state index >= 15 is 0 Å². The molecule has 41 heavy (non-hydrogen) atoms. The zero-order valence-electron chi connectivity index (χ0n) is 22.7. The Balaban J connectivity index is 1.19. The highest BCUT2D eigenvalue weighted by Crippen LogP contribution is 2.44. The second-order valence-electron chi connectivity index (χ2n) is 11.3. The summed E-state index contributed by atoms with van der Waals surface area (Å²) < 4.78 is 5.79. The number of likely N-dealkylation sites (tertiary alicyclic amines) is 2. The number of β-amino-alcohol motifs (C(OH)–C–C–N with tert-alkyl or cyclic N) is 1. The third-order valence-electron chi connectivity index (χ3n) is 8.62. The SMILES string of the molecule is O=C(NC1(C(=O)N2CCC(O)(C(=O)O)C2)CCN(Cc2ccccc2)C1)OCC1c2ccccc2-c2ccccc21. The molecule has 9 heteroatoms. The summed E-state index contributed by atoms with van der Waals surface area (Å²) in [6.07, 6.45) is -0.428. The van der Waals surface area contributed by atoms with E-state index in [0.29, 0.717) is 19.5 Å². The van der Waals surface area contributed by atoms with Gasteiger partial charge in [-0.25, -0.2) is 9.59 Å². The minimum atomic E-state index is -2.00. The molecule has 2 heterocycles. The summed E-state index contributed by atoms with van der Waals surface area (Å²) in [6, 6.07) is 26.0. The van der Waals surface area contributed by atoms with Crippen LogP contribution in [0.3, 0.4) is 0 Å². The van der Waals surface area contributed by atoms with E-state index in [1.165, 1.54) is 4.90 Å². The van der Waals surface area contributed by atoms with Gasteiger partial charge in [-0.15, -0.1) is 0 Å². The summed E-state index contributed by atoms with van der Waals surface area (Å²) in [6.45, 7) is 1.28. The number of aliphatic hydroxyl groups is 1. The normalized spacial score (nSPS) is 23.7. The Morgan fingerprint density at radius 3 is 2.12 bits per heavy atom. The molecule has 0 bridgehead atoms. The highest BCUT2D eigenvalue weighted by molar-refractivity contribution is 5.92. The number of fused-ring (bicyclic) bond motifs is 3. The lowest BCUT2D eigenvalue weighted by Crippen LogP contribution is -2.61. The molecule has 2 fully saturated rings. The van der Waals surface area contributed by atoms with E-state index < -0.39 is 29.1 Å². The number of nitrogens with one attached hydrogen (secondary N) is 1. The van der Waals surface area contributed by atoms with Gasteiger partial charge in [0.15, 0.2) is 5.60 Å². The van der Waals surface area contributed by atoms with Crippen molar-refractivity contribution in [3.63, 3.8) is 0 Å². The van der Waals surface area contributed by atoms with Gasteiger partial charge in [-0.1, -0.05) is 78.9 Å². The number of alkyl carbamates (subject to hydrolysis) is 1. The first kappa shape index (κ1) is 27.0. The van der Waals surface area contributed by atoms with Crippen molar-refractivity contribution in [2.75, 3.05) is 32.8 Å². The maximum Gasteiger partial charge on any atom is 0.408 e. The molecule has 9 nitrogen and oxygen atoms in total. The van der Waals surface area contributed by atoms with Gasteiger partial charge in [0.05, 0.1) is 6.54 Å². The molecule has 0 radical (unpaired) electrons. The number of carbonyl (C=O) groups excluding carboxylic acids is 2. The van der Waals surface area contributed by atoms with Gasteiger partial charge in [0, 0.05) is 38.5 Å². The van der Waals surface area contributed by atoms with Crippen LogP contribution in [0.15, 0.2) is 78.9 Å². The van der Waals surface area contributed by atoms with E-state index in [2.05, 4.69) is 22.3 Å². The van der Waals surface area contributed by atoms with Gasteiger partial charge < -0.3 is 25.2 Å². The zero-order valence-corrected chi connectivity index (χ0v) is 22.7. The molecule has 6 rings (SSSR count). The quantitative estimate of drug-likeness (QED) is 0.410. The monoisotopic (exact) mass is 555 g/mol. The van der Waals surface area contributed by atoms with E-state index in [4.69, 9.17) is 4.74 Å². The molecule has 3 aromatic carbocycles. The number of hydrogen-bond acceptors (Lipinski definition) is 6. The van der Waals surface area contributed by atoms with Gasteiger partial charge in [-0.2, -0.15) is 0 Å². The minimum absolute atomic E-state index is 0.0666. The lowest BCUT2D eigenvalue weighted by atomic mass is 9.96. The number of benzene rings is 3. The number of aliphatic carboxylic acids is 1. The number of carbonyl (C=O) groups is 3. The van der Waals surface area contributed by atoms with Gasteiger partial charge in [0.1, 0.15) is 12.1 Å². The van der Waals surface area contributed by atoms with Crippen LogP contribution in [-0.4, -0.2) is 81.9 Å². The first-order valence-corrected chi connectivity index (χ1v) is 13.9. The van der Waals surface area contributed by atoms with Crippen LogP contribution < -0.4 is 5.32 Å². The van der Waals surface area contributed by atoms with Gasteiger partial charge in [-0.05, 0) is 34.2 Å². The van der Waals surface area contributed by atoms with Crippen LogP contribution in [0.2, 0.25) is 0 Å². The van der Waals surface area contributed by atoms with Gasteiger partial charge in [0.25, 0.3) is 0 Å². The molecule has 3 aliphatic rings. The number of carboxylic acid groups (broad SMARTS) is 1. The summed E-state index contributed by atoms with van der Waals surface area (Å²) >= 11 is 0. The van der Waals surface area contributed by atoms with Crippen molar-refractivity contribution >= 4 is 18.0 Å². The summed E-state index contributed by atoms with van der Waals surface area (Å²) in [4.78, 5) is 42.3. The van der Waals surface area contributed by atoms with Crippen molar-refractivity contribution in [1.29, 1.82) is 0 Å². The van der Waals surface area contributed by atoms with Crippen molar-refractivity contribution in [3.05, 3.63) is 95.6 Å². The number of amides is 2. The number of hydrogen-bond donors (Lipinski definition) is 3. The second-order valence-corrected chi connectivity index (χ2v) is 11.3. The molecule has 1 aliphatic carbocycles. The maximum atomic E-state index is 13.9. The van der Waals surface area contributed by atoms with Crippen LogP contribution in [0.5, 0.6) is 0 Å². The maximum absolute atomic E-state index is 13.9.